The zero-order valence-corrected chi connectivity index (χ0v) is 11.0. The lowest BCUT2D eigenvalue weighted by molar-refractivity contribution is 0.243. The van der Waals surface area contributed by atoms with Gasteiger partial charge in [-0.25, -0.2) is 4.39 Å². The topological polar surface area (TPSA) is 3.24 Å². The van der Waals surface area contributed by atoms with Crippen molar-refractivity contribution in [3.05, 3.63) is 34.6 Å². The van der Waals surface area contributed by atoms with Crippen molar-refractivity contribution in [1.29, 1.82) is 0 Å². The maximum Gasteiger partial charge on any atom is 0.141 e. The van der Waals surface area contributed by atoms with Crippen LogP contribution in [0.1, 0.15) is 25.8 Å². The second-order valence-corrected chi connectivity index (χ2v) is 6.12. The minimum Gasteiger partial charge on any atom is -0.300 e. The first-order valence-corrected chi connectivity index (χ1v) is 6.60. The van der Waals surface area contributed by atoms with Crippen molar-refractivity contribution in [3.63, 3.8) is 0 Å². The summed E-state index contributed by atoms with van der Waals surface area (Å²) in [6.45, 7) is 6.73. The van der Waals surface area contributed by atoms with Crippen molar-refractivity contribution in [1.82, 2.24) is 4.90 Å². The van der Waals surface area contributed by atoms with Crippen LogP contribution in [0.4, 0.5) is 4.39 Å². The molecule has 1 aromatic carbocycles. The van der Waals surface area contributed by atoms with E-state index in [-0.39, 0.29) is 16.3 Å². The SMILES string of the molecule is CC(C)N1CC2CC2(c2ccc(F)c(Cl)c2)C1. The lowest BCUT2D eigenvalue weighted by atomic mass is 9.95. The molecule has 0 radical (unpaired) electrons. The number of rotatable bonds is 2. The third-order valence-corrected chi connectivity index (χ3v) is 4.69. The van der Waals surface area contributed by atoms with E-state index in [4.69, 9.17) is 11.6 Å². The van der Waals surface area contributed by atoms with E-state index in [2.05, 4.69) is 18.7 Å². The van der Waals surface area contributed by atoms with Gasteiger partial charge in [0, 0.05) is 24.5 Å². The second-order valence-electron chi connectivity index (χ2n) is 5.71. The summed E-state index contributed by atoms with van der Waals surface area (Å²) in [4.78, 5) is 2.51. The van der Waals surface area contributed by atoms with E-state index in [9.17, 15) is 4.39 Å². The Bertz CT molecular complexity index is 460. The molecule has 1 saturated heterocycles. The molecule has 0 aromatic heterocycles. The molecule has 0 N–H and O–H groups in total. The molecular weight excluding hydrogens is 237 g/mol. The van der Waals surface area contributed by atoms with Gasteiger partial charge in [-0.15, -0.1) is 0 Å². The highest BCUT2D eigenvalue weighted by molar-refractivity contribution is 6.30. The summed E-state index contributed by atoms with van der Waals surface area (Å²) < 4.78 is 13.2. The molecule has 1 nitrogen and oxygen atoms in total. The molecule has 1 aliphatic carbocycles. The molecule has 1 saturated carbocycles. The van der Waals surface area contributed by atoms with Crippen molar-refractivity contribution in [2.45, 2.75) is 31.7 Å². The number of fused-ring (bicyclic) bond motifs is 1. The summed E-state index contributed by atoms with van der Waals surface area (Å²) >= 11 is 5.88. The summed E-state index contributed by atoms with van der Waals surface area (Å²) in [5.74, 6) is 0.425. The molecule has 0 spiro atoms. The molecule has 17 heavy (non-hydrogen) atoms. The zero-order chi connectivity index (χ0) is 12.2. The molecule has 2 atom stereocenters. The van der Waals surface area contributed by atoms with Crippen LogP contribution in [0.2, 0.25) is 5.02 Å². The summed E-state index contributed by atoms with van der Waals surface area (Å²) in [6, 6.07) is 5.82. The van der Waals surface area contributed by atoms with Crippen LogP contribution in [0.3, 0.4) is 0 Å². The van der Waals surface area contributed by atoms with Gasteiger partial charge in [0.25, 0.3) is 0 Å². The van der Waals surface area contributed by atoms with Crippen LogP contribution >= 0.6 is 11.6 Å². The van der Waals surface area contributed by atoms with Crippen molar-refractivity contribution < 1.29 is 4.39 Å². The molecule has 3 rings (SSSR count). The van der Waals surface area contributed by atoms with Crippen LogP contribution in [0.25, 0.3) is 0 Å². The Hall–Kier alpha value is -0.600. The fourth-order valence-corrected chi connectivity index (χ4v) is 3.35. The van der Waals surface area contributed by atoms with Crippen LogP contribution in [0.15, 0.2) is 18.2 Å². The van der Waals surface area contributed by atoms with E-state index >= 15 is 0 Å². The largest absolute Gasteiger partial charge is 0.300 e. The van der Waals surface area contributed by atoms with Crippen molar-refractivity contribution in [2.24, 2.45) is 5.92 Å². The van der Waals surface area contributed by atoms with E-state index in [1.54, 1.807) is 0 Å². The summed E-state index contributed by atoms with van der Waals surface area (Å²) in [7, 11) is 0. The molecule has 2 fully saturated rings. The molecular formula is C14H17ClFN. The van der Waals surface area contributed by atoms with Gasteiger partial charge in [0.1, 0.15) is 5.82 Å². The van der Waals surface area contributed by atoms with Gasteiger partial charge < -0.3 is 0 Å². The molecule has 1 heterocycles. The third kappa shape index (κ3) is 1.69. The minimum absolute atomic E-state index is 0.255. The van der Waals surface area contributed by atoms with Crippen molar-refractivity contribution in [3.8, 4) is 0 Å². The molecule has 0 bridgehead atoms. The van der Waals surface area contributed by atoms with Gasteiger partial charge in [-0.05, 0) is 43.9 Å². The third-order valence-electron chi connectivity index (χ3n) is 4.40. The highest BCUT2D eigenvalue weighted by atomic mass is 35.5. The van der Waals surface area contributed by atoms with Gasteiger partial charge in [-0.1, -0.05) is 17.7 Å². The Morgan fingerprint density at radius 1 is 1.47 bits per heavy atom. The number of likely N-dealkylation sites (tertiary alicyclic amines) is 1. The number of nitrogens with zero attached hydrogens (tertiary/aromatic N) is 1. The maximum absolute atomic E-state index is 13.2. The molecule has 1 aromatic rings. The first-order chi connectivity index (χ1) is 8.03. The molecule has 3 heteroatoms. The molecule has 2 unspecified atom stereocenters. The highest BCUT2D eigenvalue weighted by Crippen LogP contribution is 2.59. The monoisotopic (exact) mass is 253 g/mol. The minimum atomic E-state index is -0.317. The number of benzene rings is 1. The quantitative estimate of drug-likeness (QED) is 0.780. The lowest BCUT2D eigenvalue weighted by Gasteiger charge is -2.24. The smallest absolute Gasteiger partial charge is 0.141 e. The molecule has 0 amide bonds. The number of halogens is 2. The zero-order valence-electron chi connectivity index (χ0n) is 10.2. The average molecular weight is 254 g/mol. The molecule has 92 valence electrons. The summed E-state index contributed by atoms with van der Waals surface area (Å²) in [5, 5.41) is 0.255. The molecule has 2 aliphatic rings. The van der Waals surface area contributed by atoms with Crippen molar-refractivity contribution >= 4 is 11.6 Å². The second kappa shape index (κ2) is 3.69. The normalized spacial score (nSPS) is 31.9. The van der Waals surface area contributed by atoms with Crippen LogP contribution in [-0.2, 0) is 5.41 Å². The Balaban J connectivity index is 1.88. The fourth-order valence-electron chi connectivity index (χ4n) is 3.17. The van der Waals surface area contributed by atoms with Gasteiger partial charge in [0.15, 0.2) is 0 Å². The predicted octanol–water partition coefficient (Wildman–Crippen LogP) is 3.46. The molecule has 1 aliphatic heterocycles. The van der Waals surface area contributed by atoms with Crippen molar-refractivity contribution in [2.75, 3.05) is 13.1 Å². The number of hydrogen-bond donors (Lipinski definition) is 0. The van der Waals surface area contributed by atoms with E-state index in [0.717, 1.165) is 12.5 Å². The van der Waals surface area contributed by atoms with E-state index < -0.39 is 0 Å². The Morgan fingerprint density at radius 2 is 2.24 bits per heavy atom. The first-order valence-electron chi connectivity index (χ1n) is 6.22. The van der Waals surface area contributed by atoms with Gasteiger partial charge in [-0.3, -0.25) is 4.90 Å². The number of hydrogen-bond acceptors (Lipinski definition) is 1. The standard InChI is InChI=1S/C14H17ClFN/c1-9(2)17-7-11-6-14(11,8-17)10-3-4-13(16)12(15)5-10/h3-5,9,11H,6-8H2,1-2H3. The Morgan fingerprint density at radius 3 is 2.82 bits per heavy atom. The Labute approximate surface area is 107 Å². The average Bonchev–Trinajstić information content (AvgIpc) is 2.85. The first kappa shape index (κ1) is 11.5. The predicted molar refractivity (Wildman–Crippen MR) is 67.9 cm³/mol. The maximum atomic E-state index is 13.2. The van der Waals surface area contributed by atoms with Gasteiger partial charge in [0.05, 0.1) is 5.02 Å². The van der Waals surface area contributed by atoms with Crippen LogP contribution in [0.5, 0.6) is 0 Å². The number of piperidine rings is 1. The lowest BCUT2D eigenvalue weighted by Crippen LogP contribution is -2.32. The van der Waals surface area contributed by atoms with Crippen LogP contribution in [0, 0.1) is 11.7 Å². The fraction of sp³-hybridized carbons (Fsp3) is 0.571. The van der Waals surface area contributed by atoms with E-state index in [0.29, 0.717) is 6.04 Å². The van der Waals surface area contributed by atoms with Gasteiger partial charge in [0.2, 0.25) is 0 Å². The summed E-state index contributed by atoms with van der Waals surface area (Å²) in [5.41, 5.74) is 1.48. The Kier molecular flexibility index (Phi) is 2.50. The van der Waals surface area contributed by atoms with Gasteiger partial charge >= 0.3 is 0 Å². The van der Waals surface area contributed by atoms with Crippen LogP contribution < -0.4 is 0 Å². The van der Waals surface area contributed by atoms with Crippen LogP contribution in [-0.4, -0.2) is 24.0 Å². The van der Waals surface area contributed by atoms with E-state index in [1.165, 1.54) is 24.6 Å². The van der Waals surface area contributed by atoms with Gasteiger partial charge in [-0.2, -0.15) is 0 Å². The highest BCUT2D eigenvalue weighted by Gasteiger charge is 2.60. The van der Waals surface area contributed by atoms with E-state index in [1.807, 2.05) is 12.1 Å². The summed E-state index contributed by atoms with van der Waals surface area (Å²) in [6.07, 6.45) is 1.23.